The Morgan fingerprint density at radius 2 is 2.07 bits per heavy atom. The fraction of sp³-hybridized carbons (Fsp3) is 0.421. The third-order valence-electron chi connectivity index (χ3n) is 5.48. The maximum absolute atomic E-state index is 12.8. The summed E-state index contributed by atoms with van der Waals surface area (Å²) < 4.78 is 30.7. The molecule has 9 heteroatoms. The summed E-state index contributed by atoms with van der Waals surface area (Å²) in [5.41, 5.74) is 1.48. The zero-order chi connectivity index (χ0) is 19.9. The van der Waals surface area contributed by atoms with Crippen molar-refractivity contribution in [3.63, 3.8) is 0 Å². The molecule has 3 aromatic heterocycles. The fourth-order valence-corrected chi connectivity index (χ4v) is 5.33. The minimum absolute atomic E-state index is 0.119. The van der Waals surface area contributed by atoms with Crippen LogP contribution in [0.15, 0.2) is 35.7 Å². The molecule has 1 aliphatic carbocycles. The van der Waals surface area contributed by atoms with E-state index in [1.807, 2.05) is 19.3 Å². The molecule has 0 unspecified atom stereocenters. The summed E-state index contributed by atoms with van der Waals surface area (Å²) >= 11 is 0. The van der Waals surface area contributed by atoms with Crippen LogP contribution >= 0.6 is 0 Å². The number of fused-ring (bicyclic) bond motifs is 1. The van der Waals surface area contributed by atoms with Gasteiger partial charge in [-0.3, -0.25) is 4.98 Å². The lowest BCUT2D eigenvalue weighted by molar-refractivity contribution is 0.282. The van der Waals surface area contributed by atoms with Crippen LogP contribution in [0.3, 0.4) is 0 Å². The summed E-state index contributed by atoms with van der Waals surface area (Å²) in [5.74, 6) is 1.60. The van der Waals surface area contributed by atoms with E-state index >= 15 is 0 Å². The van der Waals surface area contributed by atoms with Gasteiger partial charge in [0.05, 0.1) is 28.8 Å². The Labute approximate surface area is 163 Å². The predicted molar refractivity (Wildman–Crippen MR) is 106 cm³/mol. The molecule has 4 rings (SSSR count). The molecular weight excluding hydrogens is 378 g/mol. The van der Waals surface area contributed by atoms with Crippen molar-refractivity contribution in [2.45, 2.75) is 30.7 Å². The number of aryl methyl sites for hydroxylation is 1. The highest BCUT2D eigenvalue weighted by Gasteiger charge is 2.36. The summed E-state index contributed by atoms with van der Waals surface area (Å²) in [4.78, 5) is 18.2. The SMILES string of the molecule is COc1cc(S(=O)(=O)CC2CC(N(C)c3ncnc4[nH]ccc34)C2)cnc1C. The number of aromatic nitrogens is 4. The van der Waals surface area contributed by atoms with Crippen LogP contribution in [-0.2, 0) is 9.84 Å². The van der Waals surface area contributed by atoms with Gasteiger partial charge in [-0.15, -0.1) is 0 Å². The summed E-state index contributed by atoms with van der Waals surface area (Å²) in [6.07, 6.45) is 6.42. The quantitative estimate of drug-likeness (QED) is 0.676. The van der Waals surface area contributed by atoms with Crippen LogP contribution in [0.5, 0.6) is 5.75 Å². The molecule has 0 spiro atoms. The third-order valence-corrected chi connectivity index (χ3v) is 7.33. The van der Waals surface area contributed by atoms with Crippen molar-refractivity contribution in [1.29, 1.82) is 0 Å². The van der Waals surface area contributed by atoms with Gasteiger partial charge in [0.2, 0.25) is 0 Å². The first kappa shape index (κ1) is 18.7. The molecule has 0 amide bonds. The number of anilines is 1. The monoisotopic (exact) mass is 401 g/mol. The zero-order valence-electron chi connectivity index (χ0n) is 16.1. The van der Waals surface area contributed by atoms with Crippen molar-refractivity contribution in [3.8, 4) is 5.75 Å². The summed E-state index contributed by atoms with van der Waals surface area (Å²) in [6.45, 7) is 1.79. The second-order valence-corrected chi connectivity index (χ2v) is 9.31. The van der Waals surface area contributed by atoms with E-state index in [0.29, 0.717) is 11.4 Å². The molecule has 0 aliphatic heterocycles. The van der Waals surface area contributed by atoms with Gasteiger partial charge in [0.1, 0.15) is 23.5 Å². The minimum Gasteiger partial charge on any atom is -0.495 e. The highest BCUT2D eigenvalue weighted by atomic mass is 32.2. The molecule has 3 heterocycles. The van der Waals surface area contributed by atoms with E-state index < -0.39 is 9.84 Å². The van der Waals surface area contributed by atoms with Gasteiger partial charge >= 0.3 is 0 Å². The molecule has 1 saturated carbocycles. The number of ether oxygens (including phenoxy) is 1. The van der Waals surface area contributed by atoms with Crippen molar-refractivity contribution in [3.05, 3.63) is 36.5 Å². The number of H-pyrrole nitrogens is 1. The Bertz CT molecular complexity index is 1110. The van der Waals surface area contributed by atoms with Crippen LogP contribution in [-0.4, -0.2) is 54.3 Å². The lowest BCUT2D eigenvalue weighted by atomic mass is 9.81. The highest BCUT2D eigenvalue weighted by Crippen LogP contribution is 2.36. The van der Waals surface area contributed by atoms with Crippen molar-refractivity contribution in [2.24, 2.45) is 5.92 Å². The number of pyridine rings is 1. The highest BCUT2D eigenvalue weighted by molar-refractivity contribution is 7.91. The number of methoxy groups -OCH3 is 1. The van der Waals surface area contributed by atoms with Crippen LogP contribution in [0, 0.1) is 12.8 Å². The summed E-state index contributed by atoms with van der Waals surface area (Å²) in [7, 11) is 0.113. The molecule has 0 bridgehead atoms. The van der Waals surface area contributed by atoms with Gasteiger partial charge in [-0.25, -0.2) is 18.4 Å². The number of rotatable bonds is 6. The van der Waals surface area contributed by atoms with Crippen molar-refractivity contribution in [2.75, 3.05) is 24.8 Å². The number of nitrogens with zero attached hydrogens (tertiary/aromatic N) is 4. The van der Waals surface area contributed by atoms with Gasteiger partial charge < -0.3 is 14.6 Å². The Balaban J connectivity index is 1.43. The number of hydrogen-bond acceptors (Lipinski definition) is 7. The second kappa shape index (κ2) is 7.05. The Morgan fingerprint density at radius 3 is 2.82 bits per heavy atom. The van der Waals surface area contributed by atoms with Crippen LogP contribution in [0.4, 0.5) is 5.82 Å². The number of hydrogen-bond donors (Lipinski definition) is 1. The average molecular weight is 401 g/mol. The largest absolute Gasteiger partial charge is 0.495 e. The number of nitrogens with one attached hydrogen (secondary N) is 1. The van der Waals surface area contributed by atoms with E-state index in [4.69, 9.17) is 4.74 Å². The summed E-state index contributed by atoms with van der Waals surface area (Å²) in [6, 6.07) is 3.78. The molecule has 1 N–H and O–H groups in total. The molecule has 148 valence electrons. The van der Waals surface area contributed by atoms with Crippen LogP contribution in [0.25, 0.3) is 11.0 Å². The van der Waals surface area contributed by atoms with Crippen molar-refractivity contribution >= 4 is 26.7 Å². The van der Waals surface area contributed by atoms with Gasteiger partial charge in [0, 0.05) is 31.5 Å². The molecule has 0 atom stereocenters. The molecule has 28 heavy (non-hydrogen) atoms. The first-order chi connectivity index (χ1) is 13.4. The average Bonchev–Trinajstić information content (AvgIpc) is 3.13. The van der Waals surface area contributed by atoms with E-state index in [2.05, 4.69) is 24.8 Å². The molecule has 1 aliphatic rings. The molecule has 0 radical (unpaired) electrons. The first-order valence-electron chi connectivity index (χ1n) is 9.13. The van der Waals surface area contributed by atoms with Gasteiger partial charge in [-0.1, -0.05) is 0 Å². The number of aromatic amines is 1. The zero-order valence-corrected chi connectivity index (χ0v) is 16.9. The molecule has 0 saturated heterocycles. The van der Waals surface area contributed by atoms with Crippen molar-refractivity contribution in [1.82, 2.24) is 19.9 Å². The fourth-order valence-electron chi connectivity index (χ4n) is 3.74. The van der Waals surface area contributed by atoms with E-state index in [1.165, 1.54) is 13.3 Å². The first-order valence-corrected chi connectivity index (χ1v) is 10.8. The normalized spacial score (nSPS) is 19.4. The van der Waals surface area contributed by atoms with Gasteiger partial charge in [-0.05, 0) is 31.7 Å². The van der Waals surface area contributed by atoms with Crippen LogP contribution in [0.2, 0.25) is 0 Å². The Kier molecular flexibility index (Phi) is 4.70. The second-order valence-electron chi connectivity index (χ2n) is 7.28. The Morgan fingerprint density at radius 1 is 1.29 bits per heavy atom. The molecule has 8 nitrogen and oxygen atoms in total. The standard InChI is InChI=1S/C19H23N5O3S/c1-12-17(27-3)8-15(9-21-12)28(25,26)10-13-6-14(7-13)24(2)19-16-4-5-20-18(16)22-11-23-19/h4-5,8-9,11,13-14H,6-7,10H2,1-3H3,(H,20,22,23). The van der Waals surface area contributed by atoms with Gasteiger partial charge in [0.25, 0.3) is 0 Å². The molecule has 3 aromatic rings. The van der Waals surface area contributed by atoms with Gasteiger partial charge in [0.15, 0.2) is 9.84 Å². The summed E-state index contributed by atoms with van der Waals surface area (Å²) in [5, 5.41) is 0.971. The van der Waals surface area contributed by atoms with Crippen LogP contribution < -0.4 is 9.64 Å². The lowest BCUT2D eigenvalue weighted by Gasteiger charge is -2.41. The third kappa shape index (κ3) is 3.30. The smallest absolute Gasteiger partial charge is 0.180 e. The number of sulfone groups is 1. The molecule has 0 aromatic carbocycles. The minimum atomic E-state index is -3.40. The van der Waals surface area contributed by atoms with E-state index in [0.717, 1.165) is 29.7 Å². The predicted octanol–water partition coefficient (Wildman–Crippen LogP) is 2.36. The van der Waals surface area contributed by atoms with E-state index in [1.54, 1.807) is 19.3 Å². The van der Waals surface area contributed by atoms with Crippen molar-refractivity contribution < 1.29 is 13.2 Å². The molecule has 1 fully saturated rings. The van der Waals surface area contributed by atoms with E-state index in [-0.39, 0.29) is 22.6 Å². The molecular formula is C19H23N5O3S. The topological polar surface area (TPSA) is 101 Å². The van der Waals surface area contributed by atoms with Gasteiger partial charge in [-0.2, -0.15) is 0 Å². The maximum atomic E-state index is 12.8. The van der Waals surface area contributed by atoms with Crippen LogP contribution in [0.1, 0.15) is 18.5 Å². The maximum Gasteiger partial charge on any atom is 0.180 e. The Hall–Kier alpha value is -2.68. The van der Waals surface area contributed by atoms with E-state index in [9.17, 15) is 8.42 Å². The lowest BCUT2D eigenvalue weighted by Crippen LogP contribution is -2.45.